The Morgan fingerprint density at radius 1 is 1.00 bits per heavy atom. The summed E-state index contributed by atoms with van der Waals surface area (Å²) in [5.74, 6) is -1.10. The first kappa shape index (κ1) is 11.6. The molecule has 0 saturated heterocycles. The number of anilines is 1. The Labute approximate surface area is 98.9 Å². The van der Waals surface area contributed by atoms with Crippen LogP contribution in [0.3, 0.4) is 0 Å². The number of hydrogen-bond acceptors (Lipinski definition) is 1. The average Bonchev–Trinajstić information content (AvgIpc) is 2.23. The van der Waals surface area contributed by atoms with Crippen LogP contribution in [0.2, 0.25) is 0 Å². The quantitative estimate of drug-likeness (QED) is 0.744. The number of nitrogen functional groups attached to an aromatic ring is 1. The minimum absolute atomic E-state index is 0.0135. The van der Waals surface area contributed by atoms with Gasteiger partial charge < -0.3 is 5.73 Å². The molecule has 2 rings (SSSR count). The van der Waals surface area contributed by atoms with E-state index in [0.29, 0.717) is 16.8 Å². The molecule has 17 heavy (non-hydrogen) atoms. The van der Waals surface area contributed by atoms with Gasteiger partial charge in [-0.3, -0.25) is 0 Å². The van der Waals surface area contributed by atoms with E-state index in [0.717, 1.165) is 5.56 Å². The minimum atomic E-state index is -0.571. The molecule has 88 valence electrons. The van der Waals surface area contributed by atoms with Crippen molar-refractivity contribution in [3.63, 3.8) is 0 Å². The molecule has 0 aliphatic rings. The van der Waals surface area contributed by atoms with Crippen LogP contribution >= 0.6 is 0 Å². The van der Waals surface area contributed by atoms with Crippen LogP contribution in [0.1, 0.15) is 11.1 Å². The summed E-state index contributed by atoms with van der Waals surface area (Å²) in [6.07, 6.45) is 0. The van der Waals surface area contributed by atoms with E-state index in [1.54, 1.807) is 25.1 Å². The molecule has 2 aromatic rings. The maximum Gasteiger partial charge on any atom is 0.136 e. The van der Waals surface area contributed by atoms with E-state index in [2.05, 4.69) is 0 Å². The highest BCUT2D eigenvalue weighted by Gasteiger charge is 2.14. The van der Waals surface area contributed by atoms with Gasteiger partial charge in [0.1, 0.15) is 11.6 Å². The zero-order valence-electron chi connectivity index (χ0n) is 9.72. The zero-order chi connectivity index (χ0) is 12.6. The number of halogens is 2. The first-order valence-electron chi connectivity index (χ1n) is 5.31. The van der Waals surface area contributed by atoms with Crippen LogP contribution < -0.4 is 5.73 Å². The predicted octanol–water partition coefficient (Wildman–Crippen LogP) is 3.83. The number of hydrogen-bond donors (Lipinski definition) is 1. The first-order valence-corrected chi connectivity index (χ1v) is 5.31. The van der Waals surface area contributed by atoms with E-state index in [9.17, 15) is 8.78 Å². The SMILES string of the molecule is Cc1cc(N)cc(-c2c(F)ccc(C)c2F)c1. The van der Waals surface area contributed by atoms with Gasteiger partial charge in [0.05, 0.1) is 5.56 Å². The van der Waals surface area contributed by atoms with Crippen molar-refractivity contribution in [3.8, 4) is 11.1 Å². The molecular weight excluding hydrogens is 220 g/mol. The molecule has 0 saturated carbocycles. The molecule has 0 fully saturated rings. The monoisotopic (exact) mass is 233 g/mol. The van der Waals surface area contributed by atoms with Crippen molar-refractivity contribution in [3.05, 3.63) is 53.1 Å². The second-order valence-corrected chi connectivity index (χ2v) is 4.19. The summed E-state index contributed by atoms with van der Waals surface area (Å²) in [6.45, 7) is 3.45. The third-order valence-corrected chi connectivity index (χ3v) is 2.67. The van der Waals surface area contributed by atoms with E-state index in [1.807, 2.05) is 6.92 Å². The molecule has 0 atom stereocenters. The van der Waals surface area contributed by atoms with Crippen LogP contribution in [0.5, 0.6) is 0 Å². The molecule has 0 aromatic heterocycles. The van der Waals surface area contributed by atoms with Gasteiger partial charge in [0, 0.05) is 5.69 Å². The Balaban J connectivity index is 2.72. The molecule has 0 heterocycles. The number of aryl methyl sites for hydroxylation is 2. The van der Waals surface area contributed by atoms with Crippen LogP contribution in [0.4, 0.5) is 14.5 Å². The topological polar surface area (TPSA) is 26.0 Å². The van der Waals surface area contributed by atoms with Crippen molar-refractivity contribution >= 4 is 5.69 Å². The van der Waals surface area contributed by atoms with Crippen LogP contribution in [0.25, 0.3) is 11.1 Å². The highest BCUT2D eigenvalue weighted by molar-refractivity contribution is 5.70. The molecule has 0 unspecified atom stereocenters. The van der Waals surface area contributed by atoms with E-state index >= 15 is 0 Å². The second kappa shape index (κ2) is 4.17. The van der Waals surface area contributed by atoms with Crippen LogP contribution in [-0.4, -0.2) is 0 Å². The number of rotatable bonds is 1. The molecule has 0 aliphatic carbocycles. The molecule has 0 bridgehead atoms. The Hall–Kier alpha value is -1.90. The van der Waals surface area contributed by atoms with E-state index in [-0.39, 0.29) is 5.56 Å². The summed E-state index contributed by atoms with van der Waals surface area (Å²) in [5, 5.41) is 0. The van der Waals surface area contributed by atoms with Gasteiger partial charge in [0.25, 0.3) is 0 Å². The Morgan fingerprint density at radius 2 is 1.71 bits per heavy atom. The Bertz CT molecular complexity index is 556. The zero-order valence-corrected chi connectivity index (χ0v) is 9.72. The van der Waals surface area contributed by atoms with Crippen molar-refractivity contribution in [2.45, 2.75) is 13.8 Å². The minimum Gasteiger partial charge on any atom is -0.399 e. The standard InChI is InChI=1S/C14H13F2N/c1-8-5-10(7-11(17)6-8)13-12(15)4-3-9(2)14(13)16/h3-7H,17H2,1-2H3. The molecule has 2 N–H and O–H groups in total. The lowest BCUT2D eigenvalue weighted by Gasteiger charge is -2.09. The van der Waals surface area contributed by atoms with Crippen LogP contribution in [0.15, 0.2) is 30.3 Å². The molecule has 2 aromatic carbocycles. The van der Waals surface area contributed by atoms with E-state index < -0.39 is 11.6 Å². The number of nitrogens with two attached hydrogens (primary N) is 1. The third-order valence-electron chi connectivity index (χ3n) is 2.67. The second-order valence-electron chi connectivity index (χ2n) is 4.19. The molecule has 0 aliphatic heterocycles. The highest BCUT2D eigenvalue weighted by atomic mass is 19.1. The first-order chi connectivity index (χ1) is 7.99. The van der Waals surface area contributed by atoms with Crippen LogP contribution in [-0.2, 0) is 0 Å². The van der Waals surface area contributed by atoms with Gasteiger partial charge in [-0.25, -0.2) is 8.78 Å². The predicted molar refractivity (Wildman–Crippen MR) is 65.7 cm³/mol. The molecule has 1 nitrogen and oxygen atoms in total. The fourth-order valence-corrected chi connectivity index (χ4v) is 1.88. The molecule has 3 heteroatoms. The molecule has 0 amide bonds. The Morgan fingerprint density at radius 3 is 2.35 bits per heavy atom. The fraction of sp³-hybridized carbons (Fsp3) is 0.143. The molecule has 0 radical (unpaired) electrons. The maximum absolute atomic E-state index is 13.9. The lowest BCUT2D eigenvalue weighted by Crippen LogP contribution is -1.95. The summed E-state index contributed by atoms with van der Waals surface area (Å²) in [5.41, 5.74) is 7.94. The van der Waals surface area contributed by atoms with Gasteiger partial charge in [-0.15, -0.1) is 0 Å². The van der Waals surface area contributed by atoms with Crippen molar-refractivity contribution in [1.82, 2.24) is 0 Å². The number of benzene rings is 2. The van der Waals surface area contributed by atoms with Gasteiger partial charge in [-0.2, -0.15) is 0 Å². The molecular formula is C14H13F2N. The van der Waals surface area contributed by atoms with Gasteiger partial charge in [0.15, 0.2) is 0 Å². The van der Waals surface area contributed by atoms with Crippen molar-refractivity contribution in [1.29, 1.82) is 0 Å². The van der Waals surface area contributed by atoms with E-state index in [1.165, 1.54) is 12.1 Å². The largest absolute Gasteiger partial charge is 0.399 e. The average molecular weight is 233 g/mol. The Kier molecular flexibility index (Phi) is 2.84. The van der Waals surface area contributed by atoms with Gasteiger partial charge in [-0.1, -0.05) is 12.1 Å². The third kappa shape index (κ3) is 2.13. The van der Waals surface area contributed by atoms with Crippen molar-refractivity contribution in [2.75, 3.05) is 5.73 Å². The van der Waals surface area contributed by atoms with E-state index in [4.69, 9.17) is 5.73 Å². The summed E-state index contributed by atoms with van der Waals surface area (Å²) >= 11 is 0. The van der Waals surface area contributed by atoms with Gasteiger partial charge >= 0.3 is 0 Å². The van der Waals surface area contributed by atoms with Crippen LogP contribution in [0, 0.1) is 25.5 Å². The summed E-state index contributed by atoms with van der Waals surface area (Å²) < 4.78 is 27.6. The summed E-state index contributed by atoms with van der Waals surface area (Å²) in [4.78, 5) is 0. The highest BCUT2D eigenvalue weighted by Crippen LogP contribution is 2.30. The van der Waals surface area contributed by atoms with Crippen molar-refractivity contribution in [2.24, 2.45) is 0 Å². The van der Waals surface area contributed by atoms with Gasteiger partial charge in [-0.05, 0) is 48.7 Å². The normalized spacial score (nSPS) is 10.6. The summed E-state index contributed by atoms with van der Waals surface area (Å²) in [6, 6.07) is 7.75. The smallest absolute Gasteiger partial charge is 0.136 e. The van der Waals surface area contributed by atoms with Gasteiger partial charge in [0.2, 0.25) is 0 Å². The lowest BCUT2D eigenvalue weighted by atomic mass is 9.99. The molecule has 0 spiro atoms. The maximum atomic E-state index is 13.9. The lowest BCUT2D eigenvalue weighted by molar-refractivity contribution is 0.584. The fourth-order valence-electron chi connectivity index (χ4n) is 1.88. The summed E-state index contributed by atoms with van der Waals surface area (Å²) in [7, 11) is 0. The van der Waals surface area contributed by atoms with Crippen molar-refractivity contribution < 1.29 is 8.78 Å².